The van der Waals surface area contributed by atoms with Crippen LogP contribution in [0.2, 0.25) is 0 Å². The van der Waals surface area contributed by atoms with E-state index in [-0.39, 0.29) is 11.2 Å². The molecular weight excluding hydrogens is 151 g/mol. The maximum atomic E-state index is 13.3. The van der Waals surface area contributed by atoms with E-state index < -0.39 is 0 Å². The minimum atomic E-state index is -0.102. The lowest BCUT2D eigenvalue weighted by molar-refractivity contribution is 0.519. The maximum Gasteiger partial charge on any atom is 0.127 e. The van der Waals surface area contributed by atoms with Crippen LogP contribution in [0.5, 0.6) is 0 Å². The van der Waals surface area contributed by atoms with Gasteiger partial charge in [-0.05, 0) is 29.5 Å². The van der Waals surface area contributed by atoms with Crippen LogP contribution in [0.4, 0.5) is 4.39 Å². The zero-order valence-corrected chi connectivity index (χ0v) is 8.11. The molecule has 1 heteroatoms. The third-order valence-corrected chi connectivity index (χ3v) is 1.97. The SMILES string of the molecule is Cc1cccc(F)c1C(C)(C)C. The van der Waals surface area contributed by atoms with E-state index in [0.717, 1.165) is 11.1 Å². The molecule has 1 aromatic carbocycles. The minimum absolute atomic E-state index is 0.0949. The lowest BCUT2D eigenvalue weighted by atomic mass is 9.84. The molecule has 0 fully saturated rings. The third kappa shape index (κ3) is 1.66. The molecule has 0 bridgehead atoms. The summed E-state index contributed by atoms with van der Waals surface area (Å²) in [4.78, 5) is 0. The molecule has 0 nitrogen and oxygen atoms in total. The van der Waals surface area contributed by atoms with Gasteiger partial charge < -0.3 is 0 Å². The molecule has 0 atom stereocenters. The third-order valence-electron chi connectivity index (χ3n) is 1.97. The van der Waals surface area contributed by atoms with Crippen molar-refractivity contribution in [3.8, 4) is 0 Å². The summed E-state index contributed by atoms with van der Waals surface area (Å²) in [5.74, 6) is -0.0949. The topological polar surface area (TPSA) is 0 Å². The summed E-state index contributed by atoms with van der Waals surface area (Å²) >= 11 is 0. The van der Waals surface area contributed by atoms with Gasteiger partial charge in [0.1, 0.15) is 5.82 Å². The van der Waals surface area contributed by atoms with Crippen molar-refractivity contribution >= 4 is 0 Å². The Morgan fingerprint density at radius 2 is 1.75 bits per heavy atom. The molecule has 66 valence electrons. The van der Waals surface area contributed by atoms with Crippen molar-refractivity contribution in [1.82, 2.24) is 0 Å². The minimum Gasteiger partial charge on any atom is -0.207 e. The first-order valence-corrected chi connectivity index (χ1v) is 4.18. The predicted molar refractivity (Wildman–Crippen MR) is 49.8 cm³/mol. The van der Waals surface area contributed by atoms with Gasteiger partial charge in [-0.1, -0.05) is 32.9 Å². The average Bonchev–Trinajstić information content (AvgIpc) is 1.82. The molecule has 0 aliphatic rings. The van der Waals surface area contributed by atoms with Gasteiger partial charge in [0.25, 0.3) is 0 Å². The number of hydrogen-bond acceptors (Lipinski definition) is 0. The first-order valence-electron chi connectivity index (χ1n) is 4.18. The summed E-state index contributed by atoms with van der Waals surface area (Å²) in [6.45, 7) is 8.03. The molecule has 0 heterocycles. The van der Waals surface area contributed by atoms with Gasteiger partial charge in [0.2, 0.25) is 0 Å². The van der Waals surface area contributed by atoms with Gasteiger partial charge in [0.05, 0.1) is 0 Å². The van der Waals surface area contributed by atoms with Gasteiger partial charge in [-0.2, -0.15) is 0 Å². The van der Waals surface area contributed by atoms with Crippen molar-refractivity contribution in [2.24, 2.45) is 0 Å². The van der Waals surface area contributed by atoms with Crippen LogP contribution < -0.4 is 0 Å². The Kier molecular flexibility index (Phi) is 2.22. The molecule has 12 heavy (non-hydrogen) atoms. The normalized spacial score (nSPS) is 11.8. The summed E-state index contributed by atoms with van der Waals surface area (Å²) in [7, 11) is 0. The lowest BCUT2D eigenvalue weighted by Gasteiger charge is -2.21. The molecule has 0 saturated carbocycles. The largest absolute Gasteiger partial charge is 0.207 e. The van der Waals surface area contributed by atoms with Crippen LogP contribution in [-0.2, 0) is 5.41 Å². The Morgan fingerprint density at radius 3 is 2.08 bits per heavy atom. The average molecular weight is 166 g/mol. The Morgan fingerprint density at radius 1 is 1.17 bits per heavy atom. The molecule has 0 N–H and O–H groups in total. The molecule has 0 aromatic heterocycles. The Bertz CT molecular complexity index is 261. The molecule has 0 unspecified atom stereocenters. The second-order valence-electron chi connectivity index (χ2n) is 4.18. The second-order valence-corrected chi connectivity index (χ2v) is 4.18. The van der Waals surface area contributed by atoms with E-state index >= 15 is 0 Å². The fraction of sp³-hybridized carbons (Fsp3) is 0.455. The summed E-state index contributed by atoms with van der Waals surface area (Å²) in [6.07, 6.45) is 0. The van der Waals surface area contributed by atoms with Crippen molar-refractivity contribution in [3.63, 3.8) is 0 Å². The Balaban J connectivity index is 3.31. The number of benzene rings is 1. The lowest BCUT2D eigenvalue weighted by Crippen LogP contribution is -2.15. The van der Waals surface area contributed by atoms with E-state index in [4.69, 9.17) is 0 Å². The van der Waals surface area contributed by atoms with Gasteiger partial charge in [0.15, 0.2) is 0 Å². The molecule has 0 aliphatic carbocycles. The summed E-state index contributed by atoms with van der Waals surface area (Å²) < 4.78 is 13.3. The number of aryl methyl sites for hydroxylation is 1. The van der Waals surface area contributed by atoms with E-state index in [1.165, 1.54) is 6.07 Å². The van der Waals surface area contributed by atoms with Crippen molar-refractivity contribution in [3.05, 3.63) is 35.1 Å². The highest BCUT2D eigenvalue weighted by molar-refractivity contribution is 5.32. The van der Waals surface area contributed by atoms with Crippen molar-refractivity contribution in [1.29, 1.82) is 0 Å². The molecule has 0 radical (unpaired) electrons. The Hall–Kier alpha value is -0.850. The molecule has 0 spiro atoms. The van der Waals surface area contributed by atoms with Crippen LogP contribution in [-0.4, -0.2) is 0 Å². The van der Waals surface area contributed by atoms with Crippen LogP contribution in [0, 0.1) is 12.7 Å². The van der Waals surface area contributed by atoms with Crippen molar-refractivity contribution < 1.29 is 4.39 Å². The van der Waals surface area contributed by atoms with E-state index in [1.807, 2.05) is 33.8 Å². The van der Waals surface area contributed by atoms with Crippen molar-refractivity contribution in [2.75, 3.05) is 0 Å². The van der Waals surface area contributed by atoms with Gasteiger partial charge >= 0.3 is 0 Å². The molecule has 0 amide bonds. The zero-order chi connectivity index (χ0) is 9.35. The van der Waals surface area contributed by atoms with Gasteiger partial charge in [-0.3, -0.25) is 0 Å². The summed E-state index contributed by atoms with van der Waals surface area (Å²) in [5, 5.41) is 0. The van der Waals surface area contributed by atoms with E-state index in [0.29, 0.717) is 0 Å². The van der Waals surface area contributed by atoms with Crippen LogP contribution in [0.1, 0.15) is 31.9 Å². The molecule has 1 aromatic rings. The standard InChI is InChI=1S/C11H15F/c1-8-6-5-7-9(12)10(8)11(2,3)4/h5-7H,1-4H3. The quantitative estimate of drug-likeness (QED) is 0.554. The van der Waals surface area contributed by atoms with Crippen LogP contribution in [0.25, 0.3) is 0 Å². The Labute approximate surface area is 73.4 Å². The first-order chi connectivity index (χ1) is 5.43. The fourth-order valence-electron chi connectivity index (χ4n) is 1.58. The second kappa shape index (κ2) is 2.89. The van der Waals surface area contributed by atoms with E-state index in [1.54, 1.807) is 6.07 Å². The van der Waals surface area contributed by atoms with E-state index in [9.17, 15) is 4.39 Å². The van der Waals surface area contributed by atoms with Crippen molar-refractivity contribution in [2.45, 2.75) is 33.1 Å². The maximum absolute atomic E-state index is 13.3. The van der Waals surface area contributed by atoms with Crippen LogP contribution in [0.15, 0.2) is 18.2 Å². The number of halogens is 1. The molecule has 0 aliphatic heterocycles. The molecule has 1 rings (SSSR count). The fourth-order valence-corrected chi connectivity index (χ4v) is 1.58. The smallest absolute Gasteiger partial charge is 0.127 e. The summed E-state index contributed by atoms with van der Waals surface area (Å²) in [6, 6.07) is 5.22. The molecular formula is C11H15F. The number of rotatable bonds is 0. The summed E-state index contributed by atoms with van der Waals surface area (Å²) in [5.41, 5.74) is 1.75. The van der Waals surface area contributed by atoms with Gasteiger partial charge in [0, 0.05) is 0 Å². The first kappa shape index (κ1) is 9.24. The highest BCUT2D eigenvalue weighted by Crippen LogP contribution is 2.27. The van der Waals surface area contributed by atoms with E-state index in [2.05, 4.69) is 0 Å². The highest BCUT2D eigenvalue weighted by atomic mass is 19.1. The van der Waals surface area contributed by atoms with Gasteiger partial charge in [-0.25, -0.2) is 4.39 Å². The number of hydrogen-bond donors (Lipinski definition) is 0. The van der Waals surface area contributed by atoms with Gasteiger partial charge in [-0.15, -0.1) is 0 Å². The van der Waals surface area contributed by atoms with Crippen LogP contribution >= 0.6 is 0 Å². The zero-order valence-electron chi connectivity index (χ0n) is 8.11. The molecule has 0 saturated heterocycles. The monoisotopic (exact) mass is 166 g/mol. The highest BCUT2D eigenvalue weighted by Gasteiger charge is 2.19. The van der Waals surface area contributed by atoms with Crippen LogP contribution in [0.3, 0.4) is 0 Å². The predicted octanol–water partition coefficient (Wildman–Crippen LogP) is 3.43.